The third-order valence-corrected chi connectivity index (χ3v) is 3.16. The van der Waals surface area contributed by atoms with Gasteiger partial charge in [0.2, 0.25) is 5.89 Å². The van der Waals surface area contributed by atoms with Crippen molar-refractivity contribution in [2.45, 2.75) is 32.0 Å². The normalized spacial score (nSPS) is 14.2. The molecular weight excluding hydrogens is 256 g/mol. The molecule has 6 heteroatoms. The maximum atomic E-state index is 5.51. The highest BCUT2D eigenvalue weighted by Gasteiger charge is 2.21. The van der Waals surface area contributed by atoms with Crippen LogP contribution < -0.4 is 15.4 Å². The van der Waals surface area contributed by atoms with Gasteiger partial charge in [0.25, 0.3) is 0 Å². The Morgan fingerprint density at radius 3 is 3.00 bits per heavy atom. The van der Waals surface area contributed by atoms with Gasteiger partial charge >= 0.3 is 6.01 Å². The first-order valence-corrected chi connectivity index (χ1v) is 6.76. The summed E-state index contributed by atoms with van der Waals surface area (Å²) < 4.78 is 10.7. The van der Waals surface area contributed by atoms with E-state index in [2.05, 4.69) is 20.8 Å². The Morgan fingerprint density at radius 1 is 1.30 bits per heavy atom. The van der Waals surface area contributed by atoms with Gasteiger partial charge in [-0.25, -0.2) is 0 Å². The van der Waals surface area contributed by atoms with Gasteiger partial charge in [0.05, 0.1) is 13.7 Å². The molecule has 1 heterocycles. The number of anilines is 1. The van der Waals surface area contributed by atoms with Crippen LogP contribution in [0.4, 0.5) is 6.01 Å². The highest BCUT2D eigenvalue weighted by molar-refractivity contribution is 5.31. The molecule has 0 saturated heterocycles. The van der Waals surface area contributed by atoms with Crippen LogP contribution >= 0.6 is 0 Å². The van der Waals surface area contributed by atoms with Crippen molar-refractivity contribution in [2.24, 2.45) is 0 Å². The van der Waals surface area contributed by atoms with Crippen LogP contribution in [0.25, 0.3) is 0 Å². The average molecular weight is 274 g/mol. The number of nitrogens with zero attached hydrogens (tertiary/aromatic N) is 2. The van der Waals surface area contributed by atoms with Crippen LogP contribution in [0, 0.1) is 0 Å². The molecule has 0 unspecified atom stereocenters. The minimum Gasteiger partial charge on any atom is -0.497 e. The molecule has 6 nitrogen and oxygen atoms in total. The second kappa shape index (κ2) is 5.92. The molecule has 1 aromatic carbocycles. The van der Waals surface area contributed by atoms with E-state index >= 15 is 0 Å². The molecule has 0 aliphatic heterocycles. The van der Waals surface area contributed by atoms with Crippen molar-refractivity contribution in [3.05, 3.63) is 35.7 Å². The Morgan fingerprint density at radius 2 is 2.20 bits per heavy atom. The highest BCUT2D eigenvalue weighted by Crippen LogP contribution is 2.19. The van der Waals surface area contributed by atoms with E-state index in [4.69, 9.17) is 9.15 Å². The Labute approximate surface area is 117 Å². The van der Waals surface area contributed by atoms with Crippen LogP contribution in [0.15, 0.2) is 28.7 Å². The number of rotatable bonds is 7. The molecule has 1 aliphatic carbocycles. The van der Waals surface area contributed by atoms with Crippen LogP contribution in [-0.4, -0.2) is 23.3 Å². The summed E-state index contributed by atoms with van der Waals surface area (Å²) in [5.74, 6) is 1.45. The number of ether oxygens (including phenoxy) is 1. The minimum absolute atomic E-state index is 0.445. The van der Waals surface area contributed by atoms with Crippen molar-refractivity contribution < 1.29 is 9.15 Å². The fraction of sp³-hybridized carbons (Fsp3) is 0.429. The van der Waals surface area contributed by atoms with Crippen molar-refractivity contribution >= 4 is 6.01 Å². The molecule has 2 N–H and O–H groups in total. The second-order valence-corrected chi connectivity index (χ2v) is 4.86. The van der Waals surface area contributed by atoms with E-state index < -0.39 is 0 Å². The minimum atomic E-state index is 0.445. The van der Waals surface area contributed by atoms with Gasteiger partial charge in [0, 0.05) is 12.6 Å². The average Bonchev–Trinajstić information content (AvgIpc) is 3.21. The monoisotopic (exact) mass is 274 g/mol. The molecule has 3 rings (SSSR count). The quantitative estimate of drug-likeness (QED) is 0.804. The predicted octanol–water partition coefficient (Wildman–Crippen LogP) is 1.94. The van der Waals surface area contributed by atoms with Crippen molar-refractivity contribution in [3.63, 3.8) is 0 Å². The lowest BCUT2D eigenvalue weighted by atomic mass is 10.2. The molecule has 1 saturated carbocycles. The largest absolute Gasteiger partial charge is 0.497 e. The van der Waals surface area contributed by atoms with Crippen LogP contribution in [0.5, 0.6) is 5.75 Å². The third kappa shape index (κ3) is 3.48. The number of methoxy groups -OCH3 is 1. The molecule has 106 valence electrons. The van der Waals surface area contributed by atoms with Crippen molar-refractivity contribution in [3.8, 4) is 5.75 Å². The molecule has 0 radical (unpaired) electrons. The number of benzene rings is 1. The molecule has 1 aliphatic rings. The van der Waals surface area contributed by atoms with E-state index in [0.29, 0.717) is 31.0 Å². The third-order valence-electron chi connectivity index (χ3n) is 3.16. The van der Waals surface area contributed by atoms with Gasteiger partial charge in [-0.2, -0.15) is 0 Å². The lowest BCUT2D eigenvalue weighted by Crippen LogP contribution is -2.15. The van der Waals surface area contributed by atoms with Crippen LogP contribution in [0.1, 0.15) is 24.3 Å². The lowest BCUT2D eigenvalue weighted by Gasteiger charge is -2.04. The van der Waals surface area contributed by atoms with Gasteiger partial charge in [0.15, 0.2) is 0 Å². The number of aromatic nitrogens is 2. The Bertz CT molecular complexity index is 566. The van der Waals surface area contributed by atoms with Gasteiger partial charge in [0.1, 0.15) is 5.75 Å². The maximum Gasteiger partial charge on any atom is 0.315 e. The molecule has 20 heavy (non-hydrogen) atoms. The molecule has 0 amide bonds. The zero-order valence-electron chi connectivity index (χ0n) is 11.4. The summed E-state index contributed by atoms with van der Waals surface area (Å²) in [5, 5.41) is 14.4. The Kier molecular flexibility index (Phi) is 3.83. The SMILES string of the molecule is COc1cccc(CNc2nnc(CNC3CC3)o2)c1. The van der Waals surface area contributed by atoms with Crippen molar-refractivity contribution in [2.75, 3.05) is 12.4 Å². The fourth-order valence-corrected chi connectivity index (χ4v) is 1.88. The zero-order valence-corrected chi connectivity index (χ0v) is 11.4. The maximum absolute atomic E-state index is 5.51. The Balaban J connectivity index is 1.51. The summed E-state index contributed by atoms with van der Waals surface area (Å²) in [6, 6.07) is 8.93. The van der Waals surface area contributed by atoms with E-state index in [0.717, 1.165) is 11.3 Å². The predicted molar refractivity (Wildman–Crippen MR) is 74.5 cm³/mol. The molecule has 1 fully saturated rings. The Hall–Kier alpha value is -2.08. The summed E-state index contributed by atoms with van der Waals surface area (Å²) in [5.41, 5.74) is 1.10. The number of hydrogen-bond donors (Lipinski definition) is 2. The summed E-state index contributed by atoms with van der Waals surface area (Å²) >= 11 is 0. The molecule has 0 bridgehead atoms. The fourth-order valence-electron chi connectivity index (χ4n) is 1.88. The number of nitrogens with one attached hydrogen (secondary N) is 2. The first kappa shape index (κ1) is 12.9. The van der Waals surface area contributed by atoms with Crippen molar-refractivity contribution in [1.29, 1.82) is 0 Å². The second-order valence-electron chi connectivity index (χ2n) is 4.86. The van der Waals surface area contributed by atoms with E-state index in [9.17, 15) is 0 Å². The molecular formula is C14H18N4O2. The lowest BCUT2D eigenvalue weighted by molar-refractivity contribution is 0.414. The highest BCUT2D eigenvalue weighted by atomic mass is 16.5. The van der Waals surface area contributed by atoms with Gasteiger partial charge in [-0.1, -0.05) is 17.2 Å². The van der Waals surface area contributed by atoms with Crippen LogP contribution in [0.3, 0.4) is 0 Å². The molecule has 1 aromatic heterocycles. The van der Waals surface area contributed by atoms with E-state index in [-0.39, 0.29) is 0 Å². The first-order chi connectivity index (χ1) is 9.83. The first-order valence-electron chi connectivity index (χ1n) is 6.76. The summed E-state index contributed by atoms with van der Waals surface area (Å²) in [6.07, 6.45) is 2.49. The van der Waals surface area contributed by atoms with Gasteiger partial charge in [-0.05, 0) is 30.5 Å². The number of hydrogen-bond acceptors (Lipinski definition) is 6. The van der Waals surface area contributed by atoms with Gasteiger partial charge in [-0.3, -0.25) is 0 Å². The van der Waals surface area contributed by atoms with E-state index in [1.807, 2.05) is 24.3 Å². The zero-order chi connectivity index (χ0) is 13.8. The van der Waals surface area contributed by atoms with Gasteiger partial charge < -0.3 is 19.8 Å². The topological polar surface area (TPSA) is 72.2 Å². The summed E-state index contributed by atoms with van der Waals surface area (Å²) in [7, 11) is 1.66. The molecule has 2 aromatic rings. The van der Waals surface area contributed by atoms with E-state index in [1.165, 1.54) is 12.8 Å². The molecule has 0 spiro atoms. The van der Waals surface area contributed by atoms with E-state index in [1.54, 1.807) is 7.11 Å². The van der Waals surface area contributed by atoms with Crippen LogP contribution in [-0.2, 0) is 13.1 Å². The smallest absolute Gasteiger partial charge is 0.315 e. The summed E-state index contributed by atoms with van der Waals surface area (Å²) in [6.45, 7) is 1.26. The summed E-state index contributed by atoms with van der Waals surface area (Å²) in [4.78, 5) is 0. The van der Waals surface area contributed by atoms with Gasteiger partial charge in [-0.15, -0.1) is 5.10 Å². The van der Waals surface area contributed by atoms with Crippen molar-refractivity contribution in [1.82, 2.24) is 15.5 Å². The van der Waals surface area contributed by atoms with Crippen LogP contribution in [0.2, 0.25) is 0 Å². The standard InChI is InChI=1S/C14H18N4O2/c1-19-12-4-2-3-10(7-12)8-16-14-18-17-13(20-14)9-15-11-5-6-11/h2-4,7,11,15H,5-6,8-9H2,1H3,(H,16,18). The molecule has 0 atom stereocenters.